The minimum atomic E-state index is -0.0613. The largest absolute Gasteiger partial charge is 0.346 e. The van der Waals surface area contributed by atoms with Gasteiger partial charge in [-0.25, -0.2) is 4.98 Å². The van der Waals surface area contributed by atoms with E-state index in [1.54, 1.807) is 35.5 Å². The summed E-state index contributed by atoms with van der Waals surface area (Å²) >= 11 is 3.27. The summed E-state index contributed by atoms with van der Waals surface area (Å²) in [6.45, 7) is 6.38. The molecular weight excluding hydrogens is 326 g/mol. The van der Waals surface area contributed by atoms with Crippen molar-refractivity contribution >= 4 is 29.0 Å². The van der Waals surface area contributed by atoms with Crippen LogP contribution >= 0.6 is 23.1 Å². The summed E-state index contributed by atoms with van der Waals surface area (Å²) < 4.78 is 0. The lowest BCUT2D eigenvalue weighted by molar-refractivity contribution is -0.119. The van der Waals surface area contributed by atoms with E-state index in [1.807, 2.05) is 24.4 Å². The topological polar surface area (TPSA) is 54.9 Å². The smallest absolute Gasteiger partial charge is 0.230 e. The van der Waals surface area contributed by atoms with Crippen LogP contribution in [0.3, 0.4) is 0 Å². The van der Waals surface area contributed by atoms with E-state index in [0.29, 0.717) is 11.7 Å². The average molecular weight is 350 g/mol. The molecular formula is C17H23N3OS2. The van der Waals surface area contributed by atoms with Crippen molar-refractivity contribution in [2.24, 2.45) is 5.92 Å². The number of amides is 1. The molecule has 1 atom stereocenters. The summed E-state index contributed by atoms with van der Waals surface area (Å²) in [7, 11) is 0. The molecule has 2 heterocycles. The fourth-order valence-electron chi connectivity index (χ4n) is 1.97. The number of nitrogens with zero attached hydrogens (tertiary/aromatic N) is 2. The first-order valence-electron chi connectivity index (χ1n) is 7.79. The maximum atomic E-state index is 12.0. The van der Waals surface area contributed by atoms with Crippen LogP contribution in [0.4, 0.5) is 0 Å². The van der Waals surface area contributed by atoms with E-state index in [9.17, 15) is 4.79 Å². The Morgan fingerprint density at radius 3 is 2.74 bits per heavy atom. The number of nitrogens with one attached hydrogen (secondary N) is 1. The van der Waals surface area contributed by atoms with Crippen LogP contribution in [-0.2, 0) is 4.79 Å². The van der Waals surface area contributed by atoms with Gasteiger partial charge in [-0.3, -0.25) is 9.78 Å². The molecule has 1 unspecified atom stereocenters. The number of carbonyl (C=O) groups excluding carboxylic acids is 1. The molecule has 23 heavy (non-hydrogen) atoms. The molecule has 4 nitrogen and oxygen atoms in total. The normalized spacial score (nSPS) is 12.3. The van der Waals surface area contributed by atoms with Gasteiger partial charge in [-0.1, -0.05) is 13.8 Å². The molecule has 0 aliphatic rings. The summed E-state index contributed by atoms with van der Waals surface area (Å²) in [6, 6.07) is 3.81. The molecule has 2 rings (SSSR count). The van der Waals surface area contributed by atoms with Crippen LogP contribution in [0.1, 0.15) is 38.2 Å². The van der Waals surface area contributed by atoms with Gasteiger partial charge in [0.1, 0.15) is 5.01 Å². The Morgan fingerprint density at radius 1 is 1.30 bits per heavy atom. The first-order chi connectivity index (χ1) is 11.1. The third kappa shape index (κ3) is 5.95. The molecule has 2 aromatic rings. The van der Waals surface area contributed by atoms with Crippen molar-refractivity contribution in [1.82, 2.24) is 15.3 Å². The molecule has 0 bridgehead atoms. The second kappa shape index (κ2) is 9.03. The molecule has 0 saturated carbocycles. The van der Waals surface area contributed by atoms with Crippen LogP contribution in [0, 0.1) is 5.92 Å². The Morgan fingerprint density at radius 2 is 2.04 bits per heavy atom. The predicted octanol–water partition coefficient (Wildman–Crippen LogP) is 4.16. The number of hydrogen-bond acceptors (Lipinski definition) is 5. The van der Waals surface area contributed by atoms with Crippen molar-refractivity contribution in [2.45, 2.75) is 33.2 Å². The first-order valence-corrected chi connectivity index (χ1v) is 9.82. The summed E-state index contributed by atoms with van der Waals surface area (Å²) in [5.74, 6) is 2.31. The van der Waals surface area contributed by atoms with E-state index in [-0.39, 0.29) is 11.9 Å². The second-order valence-electron chi connectivity index (χ2n) is 5.83. The third-order valence-electron chi connectivity index (χ3n) is 3.32. The predicted molar refractivity (Wildman–Crippen MR) is 98.7 cm³/mol. The quantitative estimate of drug-likeness (QED) is 0.727. The SMILES string of the molecule is CC(C)CCSCC(=O)NC(C)c1nc(-c2ccncc2)cs1. The van der Waals surface area contributed by atoms with Gasteiger partial charge in [-0.15, -0.1) is 11.3 Å². The molecule has 124 valence electrons. The van der Waals surface area contributed by atoms with Gasteiger partial charge in [0.25, 0.3) is 0 Å². The Balaban J connectivity index is 1.83. The van der Waals surface area contributed by atoms with E-state index in [4.69, 9.17) is 0 Å². The molecule has 0 spiro atoms. The highest BCUT2D eigenvalue weighted by Gasteiger charge is 2.14. The minimum absolute atomic E-state index is 0.0613. The van der Waals surface area contributed by atoms with Gasteiger partial charge in [0.05, 0.1) is 17.5 Å². The van der Waals surface area contributed by atoms with Crippen molar-refractivity contribution in [2.75, 3.05) is 11.5 Å². The first kappa shape index (κ1) is 17.9. The van der Waals surface area contributed by atoms with Crippen LogP contribution < -0.4 is 5.32 Å². The molecule has 0 saturated heterocycles. The average Bonchev–Trinajstić information content (AvgIpc) is 3.02. The van der Waals surface area contributed by atoms with Crippen molar-refractivity contribution in [3.05, 3.63) is 34.9 Å². The highest BCUT2D eigenvalue weighted by Crippen LogP contribution is 2.25. The third-order valence-corrected chi connectivity index (χ3v) is 5.34. The second-order valence-corrected chi connectivity index (χ2v) is 7.83. The molecule has 1 N–H and O–H groups in total. The summed E-state index contributed by atoms with van der Waals surface area (Å²) in [4.78, 5) is 20.6. The Bertz CT molecular complexity index is 613. The van der Waals surface area contributed by atoms with Gasteiger partial charge in [0.15, 0.2) is 0 Å². The maximum absolute atomic E-state index is 12.0. The lowest BCUT2D eigenvalue weighted by atomic mass is 10.2. The molecule has 2 aromatic heterocycles. The van der Waals surface area contributed by atoms with E-state index in [2.05, 4.69) is 29.1 Å². The van der Waals surface area contributed by atoms with Crippen molar-refractivity contribution in [1.29, 1.82) is 0 Å². The van der Waals surface area contributed by atoms with E-state index in [1.165, 1.54) is 0 Å². The minimum Gasteiger partial charge on any atom is -0.346 e. The molecule has 1 amide bonds. The maximum Gasteiger partial charge on any atom is 0.230 e. The van der Waals surface area contributed by atoms with Crippen LogP contribution in [0.5, 0.6) is 0 Å². The highest BCUT2D eigenvalue weighted by atomic mass is 32.2. The lowest BCUT2D eigenvalue weighted by Gasteiger charge is -2.11. The summed E-state index contributed by atoms with van der Waals surface area (Å²) in [5, 5.41) is 5.97. The number of hydrogen-bond donors (Lipinski definition) is 1. The standard InChI is InChI=1S/C17H23N3OS2/c1-12(2)6-9-22-11-16(21)19-13(3)17-20-15(10-23-17)14-4-7-18-8-5-14/h4-5,7-8,10,12-13H,6,9,11H2,1-3H3,(H,19,21). The Kier molecular flexibility index (Phi) is 7.05. The van der Waals surface area contributed by atoms with Gasteiger partial charge in [-0.2, -0.15) is 11.8 Å². The van der Waals surface area contributed by atoms with Crippen molar-refractivity contribution < 1.29 is 4.79 Å². The Hall–Kier alpha value is -1.40. The molecule has 0 radical (unpaired) electrons. The highest BCUT2D eigenvalue weighted by molar-refractivity contribution is 7.99. The van der Waals surface area contributed by atoms with Crippen molar-refractivity contribution in [3.8, 4) is 11.3 Å². The summed E-state index contributed by atoms with van der Waals surface area (Å²) in [5.41, 5.74) is 1.98. The van der Waals surface area contributed by atoms with Crippen LogP contribution in [0.15, 0.2) is 29.9 Å². The molecule has 0 fully saturated rings. The van der Waals surface area contributed by atoms with Gasteiger partial charge in [0.2, 0.25) is 5.91 Å². The van der Waals surface area contributed by atoms with E-state index >= 15 is 0 Å². The molecule has 0 aliphatic heterocycles. The fraction of sp³-hybridized carbons (Fsp3) is 0.471. The number of thiazole rings is 1. The molecule has 6 heteroatoms. The van der Waals surface area contributed by atoms with E-state index in [0.717, 1.165) is 28.4 Å². The number of pyridine rings is 1. The van der Waals surface area contributed by atoms with Crippen LogP contribution in [0.2, 0.25) is 0 Å². The number of thioether (sulfide) groups is 1. The van der Waals surface area contributed by atoms with Gasteiger partial charge >= 0.3 is 0 Å². The van der Waals surface area contributed by atoms with Gasteiger partial charge < -0.3 is 5.32 Å². The number of rotatable bonds is 8. The van der Waals surface area contributed by atoms with Crippen LogP contribution in [0.25, 0.3) is 11.3 Å². The fourth-order valence-corrected chi connectivity index (χ4v) is 3.86. The zero-order valence-corrected chi connectivity index (χ0v) is 15.4. The van der Waals surface area contributed by atoms with Gasteiger partial charge in [-0.05, 0) is 37.1 Å². The molecule has 0 aliphatic carbocycles. The number of carbonyl (C=O) groups is 1. The van der Waals surface area contributed by atoms with Crippen molar-refractivity contribution in [3.63, 3.8) is 0 Å². The molecule has 0 aromatic carbocycles. The van der Waals surface area contributed by atoms with Gasteiger partial charge in [0, 0.05) is 23.3 Å². The Labute approximate surface area is 146 Å². The summed E-state index contributed by atoms with van der Waals surface area (Å²) in [6.07, 6.45) is 4.66. The lowest BCUT2D eigenvalue weighted by Crippen LogP contribution is -2.28. The van der Waals surface area contributed by atoms with Crippen LogP contribution in [-0.4, -0.2) is 27.4 Å². The zero-order chi connectivity index (χ0) is 16.7. The number of aromatic nitrogens is 2. The monoisotopic (exact) mass is 349 g/mol. The van der Waals surface area contributed by atoms with E-state index < -0.39 is 0 Å². The zero-order valence-electron chi connectivity index (χ0n) is 13.8.